The van der Waals surface area contributed by atoms with Crippen LogP contribution in [0.25, 0.3) is 0 Å². The van der Waals surface area contributed by atoms with Gasteiger partial charge in [-0.1, -0.05) is 19.9 Å². The summed E-state index contributed by atoms with van der Waals surface area (Å²) in [6, 6.07) is 4.39. The predicted molar refractivity (Wildman–Crippen MR) is 90.2 cm³/mol. The van der Waals surface area contributed by atoms with E-state index in [1.165, 1.54) is 11.3 Å². The highest BCUT2D eigenvalue weighted by Gasteiger charge is 2.23. The lowest BCUT2D eigenvalue weighted by Crippen LogP contribution is -2.37. The zero-order valence-corrected chi connectivity index (χ0v) is 14.5. The molecular formula is C18H26N4O. The Morgan fingerprint density at radius 1 is 1.35 bits per heavy atom. The highest BCUT2D eigenvalue weighted by molar-refractivity contribution is 5.23. The normalized spacial score (nSPS) is 19.4. The number of ether oxygens (including phenoxy) is 1. The molecule has 1 aliphatic rings. The zero-order valence-electron chi connectivity index (χ0n) is 14.5. The van der Waals surface area contributed by atoms with Gasteiger partial charge in [0.1, 0.15) is 0 Å². The Morgan fingerprint density at radius 3 is 2.83 bits per heavy atom. The minimum Gasteiger partial charge on any atom is -0.371 e. The molecule has 2 aromatic heterocycles. The number of morpholine rings is 1. The third-order valence-electron chi connectivity index (χ3n) is 4.45. The van der Waals surface area contributed by atoms with Gasteiger partial charge in [0, 0.05) is 49.8 Å². The van der Waals surface area contributed by atoms with E-state index >= 15 is 0 Å². The fourth-order valence-electron chi connectivity index (χ4n) is 2.99. The summed E-state index contributed by atoms with van der Waals surface area (Å²) in [7, 11) is 1.94. The van der Waals surface area contributed by atoms with Crippen molar-refractivity contribution in [2.75, 3.05) is 19.7 Å². The van der Waals surface area contributed by atoms with Gasteiger partial charge in [0.15, 0.2) is 0 Å². The van der Waals surface area contributed by atoms with Gasteiger partial charge in [-0.2, -0.15) is 5.10 Å². The number of aromatic nitrogens is 3. The molecule has 1 aliphatic heterocycles. The molecule has 0 aromatic carbocycles. The molecule has 5 nitrogen and oxygen atoms in total. The lowest BCUT2D eigenvalue weighted by atomic mass is 10.1. The molecule has 1 saturated heterocycles. The van der Waals surface area contributed by atoms with Gasteiger partial charge >= 0.3 is 0 Å². The molecule has 0 aliphatic carbocycles. The van der Waals surface area contributed by atoms with Crippen molar-refractivity contribution in [3.8, 4) is 0 Å². The van der Waals surface area contributed by atoms with E-state index in [1.54, 1.807) is 0 Å². The molecule has 0 bridgehead atoms. The van der Waals surface area contributed by atoms with Crippen LogP contribution in [-0.2, 0) is 18.3 Å². The maximum Gasteiger partial charge on any atom is 0.0982 e. The van der Waals surface area contributed by atoms with E-state index in [4.69, 9.17) is 9.72 Å². The molecule has 0 saturated carbocycles. The fourth-order valence-corrected chi connectivity index (χ4v) is 2.99. The first-order chi connectivity index (χ1) is 11.0. The molecule has 0 spiro atoms. The second-order valence-electron chi connectivity index (χ2n) is 6.68. The molecule has 2 aromatic rings. The fraction of sp³-hybridized carbons (Fsp3) is 0.556. The second kappa shape index (κ2) is 6.81. The monoisotopic (exact) mass is 314 g/mol. The Hall–Kier alpha value is -1.72. The topological polar surface area (TPSA) is 43.2 Å². The molecule has 3 rings (SSSR count). The van der Waals surface area contributed by atoms with Crippen molar-refractivity contribution < 1.29 is 4.74 Å². The Balaban J connectivity index is 1.68. The van der Waals surface area contributed by atoms with Gasteiger partial charge in [-0.15, -0.1) is 0 Å². The quantitative estimate of drug-likeness (QED) is 0.870. The van der Waals surface area contributed by atoms with Crippen molar-refractivity contribution >= 4 is 0 Å². The number of hydrogen-bond donors (Lipinski definition) is 0. The number of nitrogens with zero attached hydrogens (tertiary/aromatic N) is 4. The van der Waals surface area contributed by atoms with Crippen LogP contribution >= 0.6 is 0 Å². The molecule has 1 atom stereocenters. The standard InChI is InChI=1S/C18H26N4O/c1-13(2)17-6-5-15(14(3)20-17)11-22-7-8-23-18(12-22)16-9-19-21(4)10-16/h5-6,9-10,13,18H,7-8,11-12H2,1-4H3. The first kappa shape index (κ1) is 16.1. The van der Waals surface area contributed by atoms with Gasteiger partial charge in [0.25, 0.3) is 0 Å². The van der Waals surface area contributed by atoms with E-state index in [0.29, 0.717) is 5.92 Å². The highest BCUT2D eigenvalue weighted by Crippen LogP contribution is 2.23. The van der Waals surface area contributed by atoms with Gasteiger partial charge < -0.3 is 4.74 Å². The van der Waals surface area contributed by atoms with Crippen LogP contribution in [0.15, 0.2) is 24.5 Å². The molecule has 124 valence electrons. The van der Waals surface area contributed by atoms with Crippen molar-refractivity contribution in [1.82, 2.24) is 19.7 Å². The van der Waals surface area contributed by atoms with Crippen LogP contribution in [0, 0.1) is 6.92 Å². The van der Waals surface area contributed by atoms with E-state index in [9.17, 15) is 0 Å². The summed E-state index contributed by atoms with van der Waals surface area (Å²) in [5.74, 6) is 0.473. The molecule has 1 unspecified atom stereocenters. The highest BCUT2D eigenvalue weighted by atomic mass is 16.5. The lowest BCUT2D eigenvalue weighted by molar-refractivity contribution is -0.0330. The third-order valence-corrected chi connectivity index (χ3v) is 4.45. The summed E-state index contributed by atoms with van der Waals surface area (Å²) in [4.78, 5) is 7.19. The Bertz CT molecular complexity index is 665. The molecule has 5 heteroatoms. The van der Waals surface area contributed by atoms with E-state index < -0.39 is 0 Å². The van der Waals surface area contributed by atoms with Gasteiger partial charge in [-0.3, -0.25) is 14.6 Å². The summed E-state index contributed by atoms with van der Waals surface area (Å²) in [5.41, 5.74) is 4.77. The van der Waals surface area contributed by atoms with Gasteiger partial charge in [0.2, 0.25) is 0 Å². The molecule has 0 amide bonds. The second-order valence-corrected chi connectivity index (χ2v) is 6.68. The minimum absolute atomic E-state index is 0.112. The number of pyridine rings is 1. The summed E-state index contributed by atoms with van der Waals surface area (Å²) in [5, 5.41) is 4.25. The number of aryl methyl sites for hydroxylation is 2. The van der Waals surface area contributed by atoms with Crippen LogP contribution in [0.5, 0.6) is 0 Å². The average molecular weight is 314 g/mol. The third kappa shape index (κ3) is 3.79. The maximum absolute atomic E-state index is 5.92. The Morgan fingerprint density at radius 2 is 2.17 bits per heavy atom. The summed E-state index contributed by atoms with van der Waals surface area (Å²) in [6.45, 7) is 10.0. The van der Waals surface area contributed by atoms with Gasteiger partial charge in [-0.05, 0) is 24.5 Å². The van der Waals surface area contributed by atoms with Crippen LogP contribution in [0.3, 0.4) is 0 Å². The van der Waals surface area contributed by atoms with Crippen LogP contribution in [-0.4, -0.2) is 39.4 Å². The summed E-state index contributed by atoms with van der Waals surface area (Å²) in [6.07, 6.45) is 4.05. The molecule has 3 heterocycles. The SMILES string of the molecule is Cc1nc(C(C)C)ccc1CN1CCOC(c2cnn(C)c2)C1. The van der Waals surface area contributed by atoms with Gasteiger partial charge in [-0.25, -0.2) is 0 Å². The van der Waals surface area contributed by atoms with E-state index in [2.05, 4.69) is 42.9 Å². The van der Waals surface area contributed by atoms with Crippen molar-refractivity contribution in [1.29, 1.82) is 0 Å². The zero-order chi connectivity index (χ0) is 16.4. The first-order valence-electron chi connectivity index (χ1n) is 8.32. The van der Waals surface area contributed by atoms with Gasteiger partial charge in [0.05, 0.1) is 18.9 Å². The Labute approximate surface area is 138 Å². The smallest absolute Gasteiger partial charge is 0.0982 e. The minimum atomic E-state index is 0.112. The van der Waals surface area contributed by atoms with Crippen LogP contribution in [0.2, 0.25) is 0 Å². The van der Waals surface area contributed by atoms with Crippen LogP contribution < -0.4 is 0 Å². The largest absolute Gasteiger partial charge is 0.371 e. The number of hydrogen-bond acceptors (Lipinski definition) is 4. The molecular weight excluding hydrogens is 288 g/mol. The number of rotatable bonds is 4. The van der Waals surface area contributed by atoms with Crippen molar-refractivity contribution in [2.45, 2.75) is 39.3 Å². The summed E-state index contributed by atoms with van der Waals surface area (Å²) >= 11 is 0. The van der Waals surface area contributed by atoms with E-state index in [1.807, 2.05) is 24.1 Å². The van der Waals surface area contributed by atoms with Crippen molar-refractivity contribution in [3.63, 3.8) is 0 Å². The molecule has 23 heavy (non-hydrogen) atoms. The van der Waals surface area contributed by atoms with E-state index in [-0.39, 0.29) is 6.10 Å². The van der Waals surface area contributed by atoms with E-state index in [0.717, 1.165) is 37.5 Å². The molecule has 0 radical (unpaired) electrons. The molecule has 0 N–H and O–H groups in total. The van der Waals surface area contributed by atoms with Crippen molar-refractivity contribution in [2.24, 2.45) is 7.05 Å². The predicted octanol–water partition coefficient (Wildman–Crippen LogP) is 2.82. The Kier molecular flexibility index (Phi) is 4.78. The summed E-state index contributed by atoms with van der Waals surface area (Å²) < 4.78 is 7.75. The van der Waals surface area contributed by atoms with Crippen LogP contribution in [0.4, 0.5) is 0 Å². The molecule has 1 fully saturated rings. The maximum atomic E-state index is 5.92. The van der Waals surface area contributed by atoms with Crippen molar-refractivity contribution in [3.05, 3.63) is 47.0 Å². The van der Waals surface area contributed by atoms with Crippen LogP contribution in [0.1, 0.15) is 48.4 Å². The first-order valence-corrected chi connectivity index (χ1v) is 8.32. The average Bonchev–Trinajstić information content (AvgIpc) is 2.96. The lowest BCUT2D eigenvalue weighted by Gasteiger charge is -2.32.